The van der Waals surface area contributed by atoms with E-state index in [-0.39, 0.29) is 5.56 Å². The molecule has 0 spiro atoms. The van der Waals surface area contributed by atoms with Crippen molar-refractivity contribution >= 4 is 17.3 Å². The van der Waals surface area contributed by atoms with Crippen LogP contribution in [0.4, 0.5) is 11.4 Å². The normalized spacial score (nSPS) is 10.0. The number of nitrogens with two attached hydrogens (primary N) is 1. The fourth-order valence-corrected chi connectivity index (χ4v) is 1.59. The summed E-state index contributed by atoms with van der Waals surface area (Å²) < 4.78 is 0. The third-order valence-electron chi connectivity index (χ3n) is 2.51. The highest BCUT2D eigenvalue weighted by Crippen LogP contribution is 2.19. The molecule has 0 aliphatic heterocycles. The highest BCUT2D eigenvalue weighted by atomic mass is 16.4. The van der Waals surface area contributed by atoms with Crippen molar-refractivity contribution in [3.8, 4) is 0 Å². The van der Waals surface area contributed by atoms with Gasteiger partial charge in [-0.25, -0.2) is 4.79 Å². The molecular weight excluding hydrogens is 230 g/mol. The second kappa shape index (κ2) is 5.18. The molecule has 0 bridgehead atoms. The molecule has 5 nitrogen and oxygen atoms in total. The van der Waals surface area contributed by atoms with Crippen molar-refractivity contribution in [2.24, 2.45) is 0 Å². The van der Waals surface area contributed by atoms with Crippen LogP contribution in [-0.4, -0.2) is 16.1 Å². The molecule has 1 aromatic carbocycles. The molecule has 0 unspecified atom stereocenters. The minimum Gasteiger partial charge on any atom is -0.478 e. The SMILES string of the molecule is Nc1ccc(NCc2ccncc2)c(C(=O)O)c1. The quantitative estimate of drug-likeness (QED) is 0.714. The zero-order chi connectivity index (χ0) is 13.0. The average molecular weight is 243 g/mol. The van der Waals surface area contributed by atoms with E-state index in [1.165, 1.54) is 6.07 Å². The Bertz CT molecular complexity index is 555. The summed E-state index contributed by atoms with van der Waals surface area (Å²) in [5, 5.41) is 12.2. The molecule has 0 saturated carbocycles. The van der Waals surface area contributed by atoms with Crippen molar-refractivity contribution in [2.75, 3.05) is 11.1 Å². The molecule has 0 fully saturated rings. The topological polar surface area (TPSA) is 88.2 Å². The van der Waals surface area contributed by atoms with Gasteiger partial charge in [0.2, 0.25) is 0 Å². The molecule has 1 heterocycles. The summed E-state index contributed by atoms with van der Waals surface area (Å²) in [6.45, 7) is 0.534. The number of hydrogen-bond donors (Lipinski definition) is 3. The lowest BCUT2D eigenvalue weighted by Crippen LogP contribution is -2.07. The maximum atomic E-state index is 11.1. The van der Waals surface area contributed by atoms with Crippen molar-refractivity contribution in [1.29, 1.82) is 0 Å². The molecule has 2 aromatic rings. The molecule has 0 atom stereocenters. The summed E-state index contributed by atoms with van der Waals surface area (Å²) >= 11 is 0. The van der Waals surface area contributed by atoms with Gasteiger partial charge in [0.15, 0.2) is 0 Å². The first-order valence-corrected chi connectivity index (χ1v) is 5.42. The molecule has 4 N–H and O–H groups in total. The molecule has 0 saturated heterocycles. The van der Waals surface area contributed by atoms with Crippen molar-refractivity contribution in [2.45, 2.75) is 6.54 Å². The van der Waals surface area contributed by atoms with E-state index in [0.717, 1.165) is 5.56 Å². The summed E-state index contributed by atoms with van der Waals surface area (Å²) in [4.78, 5) is 15.0. The van der Waals surface area contributed by atoms with E-state index < -0.39 is 5.97 Å². The van der Waals surface area contributed by atoms with Crippen molar-refractivity contribution in [3.63, 3.8) is 0 Å². The summed E-state index contributed by atoms with van der Waals surface area (Å²) in [5.41, 5.74) is 7.75. The molecule has 2 rings (SSSR count). The van der Waals surface area contributed by atoms with Crippen LogP contribution in [0.15, 0.2) is 42.7 Å². The predicted molar refractivity (Wildman–Crippen MR) is 69.4 cm³/mol. The number of carbonyl (C=O) groups is 1. The number of aromatic carboxylic acids is 1. The summed E-state index contributed by atoms with van der Waals surface area (Å²) in [6.07, 6.45) is 3.39. The lowest BCUT2D eigenvalue weighted by Gasteiger charge is -2.10. The standard InChI is InChI=1S/C13H13N3O2/c14-10-1-2-12(11(7-10)13(17)18)16-8-9-3-5-15-6-4-9/h1-7,16H,8,14H2,(H,17,18). The van der Waals surface area contributed by atoms with Crippen LogP contribution in [0.25, 0.3) is 0 Å². The third-order valence-corrected chi connectivity index (χ3v) is 2.51. The van der Waals surface area contributed by atoms with E-state index in [1.54, 1.807) is 24.5 Å². The first-order valence-electron chi connectivity index (χ1n) is 5.42. The number of anilines is 2. The Balaban J connectivity index is 2.17. The number of rotatable bonds is 4. The molecular formula is C13H13N3O2. The van der Waals surface area contributed by atoms with Gasteiger partial charge in [-0.3, -0.25) is 4.98 Å². The van der Waals surface area contributed by atoms with Gasteiger partial charge in [-0.05, 0) is 35.9 Å². The monoisotopic (exact) mass is 243 g/mol. The van der Waals surface area contributed by atoms with Gasteiger partial charge in [0, 0.05) is 30.3 Å². The lowest BCUT2D eigenvalue weighted by molar-refractivity contribution is 0.0698. The predicted octanol–water partition coefficient (Wildman–Crippen LogP) is 1.97. The number of hydrogen-bond acceptors (Lipinski definition) is 4. The largest absolute Gasteiger partial charge is 0.478 e. The Labute approximate surface area is 104 Å². The van der Waals surface area contributed by atoms with Crippen LogP contribution in [-0.2, 0) is 6.54 Å². The second-order valence-corrected chi connectivity index (χ2v) is 3.82. The molecule has 1 aromatic heterocycles. The van der Waals surface area contributed by atoms with E-state index in [0.29, 0.717) is 17.9 Å². The van der Waals surface area contributed by atoms with Crippen LogP contribution in [0, 0.1) is 0 Å². The smallest absolute Gasteiger partial charge is 0.337 e. The maximum absolute atomic E-state index is 11.1. The molecule has 0 aliphatic carbocycles. The molecule has 5 heteroatoms. The minimum absolute atomic E-state index is 0.170. The molecule has 92 valence electrons. The number of nitrogens with one attached hydrogen (secondary N) is 1. The lowest BCUT2D eigenvalue weighted by atomic mass is 10.1. The second-order valence-electron chi connectivity index (χ2n) is 3.82. The van der Waals surface area contributed by atoms with Gasteiger partial charge in [0.25, 0.3) is 0 Å². The number of carboxylic acid groups (broad SMARTS) is 1. The molecule has 0 amide bonds. The summed E-state index contributed by atoms with van der Waals surface area (Å²) in [7, 11) is 0. The van der Waals surface area contributed by atoms with Gasteiger partial charge in [0.1, 0.15) is 0 Å². The molecule has 0 radical (unpaired) electrons. The third kappa shape index (κ3) is 2.76. The van der Waals surface area contributed by atoms with Gasteiger partial charge < -0.3 is 16.2 Å². The van der Waals surface area contributed by atoms with Gasteiger partial charge in [-0.1, -0.05) is 0 Å². The maximum Gasteiger partial charge on any atom is 0.337 e. The van der Waals surface area contributed by atoms with Gasteiger partial charge in [0.05, 0.1) is 5.56 Å². The van der Waals surface area contributed by atoms with Crippen molar-refractivity contribution in [3.05, 3.63) is 53.9 Å². The van der Waals surface area contributed by atoms with Crippen LogP contribution in [0.3, 0.4) is 0 Å². The van der Waals surface area contributed by atoms with Crippen LogP contribution < -0.4 is 11.1 Å². The Morgan fingerprint density at radius 1 is 1.28 bits per heavy atom. The fraction of sp³-hybridized carbons (Fsp3) is 0.0769. The number of nitrogens with zero attached hydrogens (tertiary/aromatic N) is 1. The minimum atomic E-state index is -1.00. The number of aromatic nitrogens is 1. The average Bonchev–Trinajstić information content (AvgIpc) is 2.38. The fourth-order valence-electron chi connectivity index (χ4n) is 1.59. The van der Waals surface area contributed by atoms with Crippen LogP contribution in [0.2, 0.25) is 0 Å². The molecule has 0 aliphatic rings. The van der Waals surface area contributed by atoms with Gasteiger partial charge >= 0.3 is 5.97 Å². The van der Waals surface area contributed by atoms with E-state index in [4.69, 9.17) is 10.8 Å². The van der Waals surface area contributed by atoms with E-state index >= 15 is 0 Å². The number of carboxylic acids is 1. The number of benzene rings is 1. The van der Waals surface area contributed by atoms with Crippen LogP contribution >= 0.6 is 0 Å². The van der Waals surface area contributed by atoms with E-state index in [1.807, 2.05) is 12.1 Å². The zero-order valence-corrected chi connectivity index (χ0v) is 9.63. The van der Waals surface area contributed by atoms with Crippen molar-refractivity contribution < 1.29 is 9.90 Å². The highest BCUT2D eigenvalue weighted by Gasteiger charge is 2.09. The highest BCUT2D eigenvalue weighted by molar-refractivity contribution is 5.95. The van der Waals surface area contributed by atoms with E-state index in [9.17, 15) is 4.79 Å². The van der Waals surface area contributed by atoms with E-state index in [2.05, 4.69) is 10.3 Å². The Kier molecular flexibility index (Phi) is 3.43. The Morgan fingerprint density at radius 3 is 2.67 bits per heavy atom. The summed E-state index contributed by atoms with van der Waals surface area (Å²) in [6, 6.07) is 8.51. The first-order chi connectivity index (χ1) is 8.66. The van der Waals surface area contributed by atoms with Crippen LogP contribution in [0.5, 0.6) is 0 Å². The number of pyridine rings is 1. The number of nitrogen functional groups attached to an aromatic ring is 1. The van der Waals surface area contributed by atoms with Crippen LogP contribution in [0.1, 0.15) is 15.9 Å². The summed E-state index contributed by atoms with van der Waals surface area (Å²) in [5.74, 6) is -1.00. The first kappa shape index (κ1) is 11.9. The van der Waals surface area contributed by atoms with Crippen molar-refractivity contribution in [1.82, 2.24) is 4.98 Å². The van der Waals surface area contributed by atoms with Gasteiger partial charge in [-0.15, -0.1) is 0 Å². The van der Waals surface area contributed by atoms with Gasteiger partial charge in [-0.2, -0.15) is 0 Å². The Hall–Kier alpha value is -2.56. The Morgan fingerprint density at radius 2 is 2.00 bits per heavy atom. The zero-order valence-electron chi connectivity index (χ0n) is 9.63. The molecule has 18 heavy (non-hydrogen) atoms.